The van der Waals surface area contributed by atoms with Crippen LogP contribution in [0.15, 0.2) is 53.6 Å². The zero-order valence-corrected chi connectivity index (χ0v) is 19.2. The maximum atomic E-state index is 13.5. The van der Waals surface area contributed by atoms with Gasteiger partial charge in [-0.1, -0.05) is 12.1 Å². The molecule has 152 valence electrons. The number of fused-ring (bicyclic) bond motifs is 1. The van der Waals surface area contributed by atoms with Gasteiger partial charge in [-0.3, -0.25) is 14.2 Å². The normalized spacial score (nSPS) is 11.1. The molecular weight excluding hydrogens is 516 g/mol. The van der Waals surface area contributed by atoms with Crippen molar-refractivity contribution < 1.29 is 9.18 Å². The van der Waals surface area contributed by atoms with E-state index in [4.69, 9.17) is 0 Å². The van der Waals surface area contributed by atoms with Gasteiger partial charge in [0, 0.05) is 9.26 Å². The average Bonchev–Trinajstić information content (AvgIpc) is 3.04. The highest BCUT2D eigenvalue weighted by Gasteiger charge is 2.20. The number of aromatic nitrogens is 2. The van der Waals surface area contributed by atoms with E-state index in [1.807, 2.05) is 25.1 Å². The molecule has 2 aromatic carbocycles. The van der Waals surface area contributed by atoms with Gasteiger partial charge >= 0.3 is 0 Å². The standard InChI is InChI=1S/C22H17FIN3O2S/c1-12-8-16(24)6-7-17(12)26-20(28)19-13(2)18-21(30-19)25-11-27(22(18)29)10-14-4-3-5-15(23)9-14/h3-9,11H,10H2,1-2H3,(H,26,28). The van der Waals surface area contributed by atoms with Crippen LogP contribution in [0.5, 0.6) is 0 Å². The van der Waals surface area contributed by atoms with Crippen molar-refractivity contribution in [2.75, 3.05) is 5.32 Å². The van der Waals surface area contributed by atoms with Crippen molar-refractivity contribution in [3.8, 4) is 0 Å². The Labute approximate surface area is 189 Å². The summed E-state index contributed by atoms with van der Waals surface area (Å²) in [6.07, 6.45) is 1.44. The van der Waals surface area contributed by atoms with E-state index in [0.717, 1.165) is 14.8 Å². The van der Waals surface area contributed by atoms with Crippen LogP contribution < -0.4 is 10.9 Å². The molecule has 0 saturated heterocycles. The molecule has 0 unspecified atom stereocenters. The van der Waals surface area contributed by atoms with Crippen molar-refractivity contribution in [3.63, 3.8) is 0 Å². The number of amides is 1. The molecule has 4 rings (SSSR count). The molecule has 5 nitrogen and oxygen atoms in total. The number of aryl methyl sites for hydroxylation is 2. The Bertz CT molecular complexity index is 1350. The number of rotatable bonds is 4. The van der Waals surface area contributed by atoms with Crippen LogP contribution in [0, 0.1) is 23.2 Å². The largest absolute Gasteiger partial charge is 0.321 e. The van der Waals surface area contributed by atoms with E-state index in [1.54, 1.807) is 19.1 Å². The molecule has 0 aliphatic heterocycles. The Hall–Kier alpha value is -2.59. The maximum Gasteiger partial charge on any atom is 0.266 e. The second-order valence-corrected chi connectivity index (χ2v) is 9.20. The van der Waals surface area contributed by atoms with Crippen molar-refractivity contribution in [1.82, 2.24) is 9.55 Å². The minimum atomic E-state index is -0.355. The van der Waals surface area contributed by atoms with Gasteiger partial charge in [-0.05, 0) is 83.5 Å². The highest BCUT2D eigenvalue weighted by atomic mass is 127. The molecule has 0 bridgehead atoms. The summed E-state index contributed by atoms with van der Waals surface area (Å²) >= 11 is 3.42. The zero-order chi connectivity index (χ0) is 21.4. The van der Waals surface area contributed by atoms with Crippen LogP contribution in [0.4, 0.5) is 10.1 Å². The van der Waals surface area contributed by atoms with Gasteiger partial charge in [-0.25, -0.2) is 9.37 Å². The Morgan fingerprint density at radius 1 is 1.23 bits per heavy atom. The summed E-state index contributed by atoms with van der Waals surface area (Å²) in [4.78, 5) is 31.2. The van der Waals surface area contributed by atoms with Gasteiger partial charge in [0.1, 0.15) is 10.6 Å². The molecule has 0 atom stereocenters. The second kappa shape index (κ2) is 8.27. The predicted molar refractivity (Wildman–Crippen MR) is 126 cm³/mol. The van der Waals surface area contributed by atoms with E-state index in [1.165, 1.54) is 34.4 Å². The number of hydrogen-bond acceptors (Lipinski definition) is 4. The predicted octanol–water partition coefficient (Wildman–Crippen LogP) is 5.12. The summed E-state index contributed by atoms with van der Waals surface area (Å²) in [5.74, 6) is -0.623. The fraction of sp³-hybridized carbons (Fsp3) is 0.136. The minimum Gasteiger partial charge on any atom is -0.321 e. The minimum absolute atomic E-state index is 0.207. The Balaban J connectivity index is 1.69. The number of thiophene rings is 1. The molecule has 30 heavy (non-hydrogen) atoms. The van der Waals surface area contributed by atoms with Crippen molar-refractivity contribution in [3.05, 3.63) is 90.1 Å². The number of anilines is 1. The monoisotopic (exact) mass is 533 g/mol. The summed E-state index contributed by atoms with van der Waals surface area (Å²) in [5.41, 5.74) is 2.71. The molecule has 8 heteroatoms. The third-order valence-electron chi connectivity index (χ3n) is 4.80. The Kier molecular flexibility index (Phi) is 5.70. The fourth-order valence-electron chi connectivity index (χ4n) is 3.27. The first-order chi connectivity index (χ1) is 14.3. The molecule has 0 fully saturated rings. The molecule has 0 aliphatic carbocycles. The molecule has 0 radical (unpaired) electrons. The van der Waals surface area contributed by atoms with Crippen LogP contribution in [-0.2, 0) is 6.54 Å². The SMILES string of the molecule is Cc1cc(I)ccc1NC(=O)c1sc2ncn(Cc3cccc(F)c3)c(=O)c2c1C. The van der Waals surface area contributed by atoms with Gasteiger partial charge in [0.15, 0.2) is 0 Å². The van der Waals surface area contributed by atoms with Crippen LogP contribution in [0.25, 0.3) is 10.2 Å². The lowest BCUT2D eigenvalue weighted by molar-refractivity contribution is 0.103. The summed E-state index contributed by atoms with van der Waals surface area (Å²) in [6, 6.07) is 11.9. The molecule has 0 aliphatic rings. The Morgan fingerprint density at radius 2 is 2.03 bits per heavy atom. The van der Waals surface area contributed by atoms with Crippen molar-refractivity contribution in [2.24, 2.45) is 0 Å². The zero-order valence-electron chi connectivity index (χ0n) is 16.2. The highest BCUT2D eigenvalue weighted by Crippen LogP contribution is 2.28. The number of hydrogen-bond donors (Lipinski definition) is 1. The van der Waals surface area contributed by atoms with Gasteiger partial charge in [0.25, 0.3) is 11.5 Å². The van der Waals surface area contributed by atoms with Crippen LogP contribution in [0.2, 0.25) is 0 Å². The molecule has 1 amide bonds. The Morgan fingerprint density at radius 3 is 2.77 bits per heavy atom. The lowest BCUT2D eigenvalue weighted by Crippen LogP contribution is -2.21. The number of halogens is 2. The number of benzene rings is 2. The molecule has 2 heterocycles. The van der Waals surface area contributed by atoms with Crippen molar-refractivity contribution in [1.29, 1.82) is 0 Å². The second-order valence-electron chi connectivity index (χ2n) is 6.96. The summed E-state index contributed by atoms with van der Waals surface area (Å²) < 4.78 is 16.0. The topological polar surface area (TPSA) is 64.0 Å². The number of nitrogens with one attached hydrogen (secondary N) is 1. The van der Waals surface area contributed by atoms with Gasteiger partial charge in [0.2, 0.25) is 0 Å². The molecule has 0 saturated carbocycles. The smallest absolute Gasteiger partial charge is 0.266 e. The lowest BCUT2D eigenvalue weighted by atomic mass is 10.1. The summed E-state index contributed by atoms with van der Waals surface area (Å²) in [6.45, 7) is 3.89. The van der Waals surface area contributed by atoms with E-state index in [0.29, 0.717) is 26.2 Å². The van der Waals surface area contributed by atoms with Crippen LogP contribution in [0.3, 0.4) is 0 Å². The quantitative estimate of drug-likeness (QED) is 0.371. The molecule has 2 aromatic heterocycles. The van der Waals surface area contributed by atoms with Crippen LogP contribution >= 0.6 is 33.9 Å². The molecule has 1 N–H and O–H groups in total. The van der Waals surface area contributed by atoms with Gasteiger partial charge in [-0.15, -0.1) is 11.3 Å². The van der Waals surface area contributed by atoms with Crippen LogP contribution in [0.1, 0.15) is 26.4 Å². The van der Waals surface area contributed by atoms with E-state index in [2.05, 4.69) is 32.9 Å². The molecular formula is C22H17FIN3O2S. The first-order valence-electron chi connectivity index (χ1n) is 9.14. The number of nitrogens with zero attached hydrogens (tertiary/aromatic N) is 2. The van der Waals surface area contributed by atoms with Gasteiger partial charge in [0.05, 0.1) is 23.1 Å². The van der Waals surface area contributed by atoms with E-state index < -0.39 is 0 Å². The average molecular weight is 533 g/mol. The van der Waals surface area contributed by atoms with Crippen molar-refractivity contribution in [2.45, 2.75) is 20.4 Å². The summed E-state index contributed by atoms with van der Waals surface area (Å²) in [7, 11) is 0. The van der Waals surface area contributed by atoms with Gasteiger partial charge in [-0.2, -0.15) is 0 Å². The van der Waals surface area contributed by atoms with E-state index in [-0.39, 0.29) is 23.8 Å². The van der Waals surface area contributed by atoms with Gasteiger partial charge < -0.3 is 5.32 Å². The van der Waals surface area contributed by atoms with Crippen molar-refractivity contribution >= 4 is 55.7 Å². The third-order valence-corrected chi connectivity index (χ3v) is 6.67. The maximum absolute atomic E-state index is 13.5. The number of carbonyl (C=O) groups is 1. The lowest BCUT2D eigenvalue weighted by Gasteiger charge is -2.08. The van der Waals surface area contributed by atoms with E-state index in [9.17, 15) is 14.0 Å². The third kappa shape index (κ3) is 4.01. The molecule has 4 aromatic rings. The highest BCUT2D eigenvalue weighted by molar-refractivity contribution is 14.1. The van der Waals surface area contributed by atoms with E-state index >= 15 is 0 Å². The first kappa shape index (κ1) is 20.7. The molecule has 0 spiro atoms. The summed E-state index contributed by atoms with van der Waals surface area (Å²) in [5, 5.41) is 3.35. The first-order valence-corrected chi connectivity index (χ1v) is 11.0. The van der Waals surface area contributed by atoms with Crippen LogP contribution in [-0.4, -0.2) is 15.5 Å². The number of carbonyl (C=O) groups excluding carboxylic acids is 1. The fourth-order valence-corrected chi connectivity index (χ4v) is 4.95.